The van der Waals surface area contributed by atoms with E-state index in [0.717, 1.165) is 18.5 Å². The van der Waals surface area contributed by atoms with Crippen molar-refractivity contribution in [3.05, 3.63) is 59.4 Å². The van der Waals surface area contributed by atoms with Gasteiger partial charge in [-0.3, -0.25) is 10.4 Å². The van der Waals surface area contributed by atoms with Gasteiger partial charge in [-0.05, 0) is 31.0 Å². The Hall–Kier alpha value is -2.36. The molecule has 0 fully saturated rings. The molecule has 20 heavy (non-hydrogen) atoms. The van der Waals surface area contributed by atoms with E-state index in [9.17, 15) is 0 Å². The molecule has 0 radical (unpaired) electrons. The lowest BCUT2D eigenvalue weighted by atomic mass is 10.1. The number of rotatable bonds is 3. The molecule has 1 aromatic carbocycles. The summed E-state index contributed by atoms with van der Waals surface area (Å²) in [5.41, 5.74) is 9.87. The van der Waals surface area contributed by atoms with Gasteiger partial charge in [0.25, 0.3) is 0 Å². The maximum absolute atomic E-state index is 7.64. The first-order valence-electron chi connectivity index (χ1n) is 6.79. The van der Waals surface area contributed by atoms with Gasteiger partial charge in [-0.2, -0.15) is 0 Å². The predicted molar refractivity (Wildman–Crippen MR) is 81.0 cm³/mol. The van der Waals surface area contributed by atoms with Crippen LogP contribution in [0.15, 0.2) is 42.6 Å². The highest BCUT2D eigenvalue weighted by Gasteiger charge is 2.26. The van der Waals surface area contributed by atoms with Crippen LogP contribution in [0, 0.1) is 5.41 Å². The van der Waals surface area contributed by atoms with E-state index in [-0.39, 0.29) is 5.84 Å². The number of hydrogen-bond donors (Lipinski definition) is 2. The maximum Gasteiger partial charge on any atom is 0.142 e. The average molecular weight is 266 g/mol. The van der Waals surface area contributed by atoms with Crippen molar-refractivity contribution in [3.63, 3.8) is 0 Å². The van der Waals surface area contributed by atoms with Gasteiger partial charge in [0.15, 0.2) is 0 Å². The minimum Gasteiger partial charge on any atom is -0.382 e. The van der Waals surface area contributed by atoms with E-state index in [4.69, 9.17) is 11.1 Å². The van der Waals surface area contributed by atoms with Gasteiger partial charge in [-0.25, -0.2) is 0 Å². The number of nitrogen functional groups attached to an aromatic ring is 1. The first-order chi connectivity index (χ1) is 9.66. The Balaban J connectivity index is 1.94. The highest BCUT2D eigenvalue weighted by molar-refractivity contribution is 5.94. The molecule has 1 aliphatic rings. The molecule has 0 aliphatic carbocycles. The standard InChI is InChI=1S/C16H18N4/c1-11-9-12-5-2-3-7-14(12)20(11)10-13-6-4-8-19-15(13)16(17)18/h2-8,11H,9-10H2,1H3,(H3,17,18). The van der Waals surface area contributed by atoms with Crippen molar-refractivity contribution in [2.45, 2.75) is 25.9 Å². The molecule has 4 heteroatoms. The SMILES string of the molecule is CC1Cc2ccccc2N1Cc1cccnc1C(=N)N. The largest absolute Gasteiger partial charge is 0.382 e. The van der Waals surface area contributed by atoms with Gasteiger partial charge < -0.3 is 10.6 Å². The lowest BCUT2D eigenvalue weighted by Crippen LogP contribution is -2.30. The fourth-order valence-corrected chi connectivity index (χ4v) is 2.86. The molecule has 1 aromatic heterocycles. The number of benzene rings is 1. The van der Waals surface area contributed by atoms with E-state index in [1.165, 1.54) is 11.3 Å². The topological polar surface area (TPSA) is 66.0 Å². The minimum absolute atomic E-state index is 0.0285. The summed E-state index contributed by atoms with van der Waals surface area (Å²) >= 11 is 0. The number of pyridine rings is 1. The quantitative estimate of drug-likeness (QED) is 0.662. The Morgan fingerprint density at radius 2 is 2.15 bits per heavy atom. The van der Waals surface area contributed by atoms with Crippen LogP contribution >= 0.6 is 0 Å². The van der Waals surface area contributed by atoms with Gasteiger partial charge in [0.05, 0.1) is 0 Å². The summed E-state index contributed by atoms with van der Waals surface area (Å²) in [4.78, 5) is 6.58. The van der Waals surface area contributed by atoms with Crippen molar-refractivity contribution >= 4 is 11.5 Å². The van der Waals surface area contributed by atoms with Crippen molar-refractivity contribution in [1.82, 2.24) is 4.98 Å². The molecule has 2 heterocycles. The van der Waals surface area contributed by atoms with Gasteiger partial charge in [-0.15, -0.1) is 0 Å². The number of anilines is 1. The van der Waals surface area contributed by atoms with Gasteiger partial charge in [0, 0.05) is 30.0 Å². The molecule has 1 aliphatic heterocycles. The Morgan fingerprint density at radius 3 is 2.95 bits per heavy atom. The molecule has 3 N–H and O–H groups in total. The second-order valence-electron chi connectivity index (χ2n) is 5.23. The number of nitrogens with two attached hydrogens (primary N) is 1. The van der Waals surface area contributed by atoms with Gasteiger partial charge in [-0.1, -0.05) is 24.3 Å². The highest BCUT2D eigenvalue weighted by atomic mass is 15.2. The molecule has 0 saturated heterocycles. The summed E-state index contributed by atoms with van der Waals surface area (Å²) < 4.78 is 0. The normalized spacial score (nSPS) is 17.1. The Bertz CT molecular complexity index is 650. The second kappa shape index (κ2) is 4.96. The number of amidine groups is 1. The molecule has 4 nitrogen and oxygen atoms in total. The molecule has 0 spiro atoms. The number of aromatic nitrogens is 1. The molecule has 2 aromatic rings. The summed E-state index contributed by atoms with van der Waals surface area (Å²) in [7, 11) is 0. The smallest absolute Gasteiger partial charge is 0.142 e. The number of hydrogen-bond acceptors (Lipinski definition) is 3. The van der Waals surface area contributed by atoms with Crippen LogP contribution in [0.5, 0.6) is 0 Å². The summed E-state index contributed by atoms with van der Waals surface area (Å²) in [5.74, 6) is 0.0285. The van der Waals surface area contributed by atoms with Gasteiger partial charge in [0.2, 0.25) is 0 Å². The zero-order chi connectivity index (χ0) is 14.1. The van der Waals surface area contributed by atoms with E-state index >= 15 is 0 Å². The molecule has 102 valence electrons. The number of nitrogens with zero attached hydrogens (tertiary/aromatic N) is 2. The third kappa shape index (κ3) is 2.13. The first kappa shape index (κ1) is 12.7. The van der Waals surface area contributed by atoms with E-state index < -0.39 is 0 Å². The van der Waals surface area contributed by atoms with Crippen molar-refractivity contribution < 1.29 is 0 Å². The Labute approximate surface area is 118 Å². The highest BCUT2D eigenvalue weighted by Crippen LogP contribution is 2.33. The average Bonchev–Trinajstić information content (AvgIpc) is 2.76. The summed E-state index contributed by atoms with van der Waals surface area (Å²) in [6, 6.07) is 12.8. The summed E-state index contributed by atoms with van der Waals surface area (Å²) in [6.07, 6.45) is 2.74. The molecular formula is C16H18N4. The van der Waals surface area contributed by atoms with Gasteiger partial charge >= 0.3 is 0 Å². The van der Waals surface area contributed by atoms with E-state index in [1.807, 2.05) is 12.1 Å². The van der Waals surface area contributed by atoms with Crippen LogP contribution in [0.4, 0.5) is 5.69 Å². The Kier molecular flexibility index (Phi) is 3.14. The number of nitrogens with one attached hydrogen (secondary N) is 1. The minimum atomic E-state index is 0.0285. The van der Waals surface area contributed by atoms with Gasteiger partial charge in [0.1, 0.15) is 11.5 Å². The van der Waals surface area contributed by atoms with Crippen molar-refractivity contribution in [2.75, 3.05) is 4.90 Å². The molecule has 1 unspecified atom stereocenters. The van der Waals surface area contributed by atoms with Crippen LogP contribution in [0.1, 0.15) is 23.7 Å². The fraction of sp³-hybridized carbons (Fsp3) is 0.250. The fourth-order valence-electron chi connectivity index (χ4n) is 2.86. The third-order valence-corrected chi connectivity index (χ3v) is 3.84. The van der Waals surface area contributed by atoms with Crippen LogP contribution in [0.3, 0.4) is 0 Å². The molecule has 3 rings (SSSR count). The van der Waals surface area contributed by atoms with E-state index in [0.29, 0.717) is 11.7 Å². The van der Waals surface area contributed by atoms with Crippen LogP contribution in [0.25, 0.3) is 0 Å². The van der Waals surface area contributed by atoms with Crippen LogP contribution in [-0.2, 0) is 13.0 Å². The molecule has 0 bridgehead atoms. The molecule has 0 saturated carbocycles. The van der Waals surface area contributed by atoms with Crippen LogP contribution < -0.4 is 10.6 Å². The zero-order valence-electron chi connectivity index (χ0n) is 11.5. The molecular weight excluding hydrogens is 248 g/mol. The molecule has 0 amide bonds. The van der Waals surface area contributed by atoms with Crippen LogP contribution in [0.2, 0.25) is 0 Å². The lowest BCUT2D eigenvalue weighted by molar-refractivity contribution is 0.671. The third-order valence-electron chi connectivity index (χ3n) is 3.84. The summed E-state index contributed by atoms with van der Waals surface area (Å²) in [6.45, 7) is 2.96. The number of para-hydroxylation sites is 1. The maximum atomic E-state index is 7.64. The lowest BCUT2D eigenvalue weighted by Gasteiger charge is -2.25. The molecule has 1 atom stereocenters. The monoisotopic (exact) mass is 266 g/mol. The summed E-state index contributed by atoms with van der Waals surface area (Å²) in [5, 5.41) is 7.64. The predicted octanol–water partition coefficient (Wildman–Crippen LogP) is 2.32. The van der Waals surface area contributed by atoms with Crippen molar-refractivity contribution in [2.24, 2.45) is 5.73 Å². The van der Waals surface area contributed by atoms with Crippen molar-refractivity contribution in [3.8, 4) is 0 Å². The first-order valence-corrected chi connectivity index (χ1v) is 6.79. The number of fused-ring (bicyclic) bond motifs is 1. The van der Waals surface area contributed by atoms with Crippen molar-refractivity contribution in [1.29, 1.82) is 5.41 Å². The van der Waals surface area contributed by atoms with E-state index in [2.05, 4.69) is 41.1 Å². The van der Waals surface area contributed by atoms with E-state index in [1.54, 1.807) is 6.20 Å². The second-order valence-corrected chi connectivity index (χ2v) is 5.23. The Morgan fingerprint density at radius 1 is 1.35 bits per heavy atom. The zero-order valence-corrected chi connectivity index (χ0v) is 11.5. The van der Waals surface area contributed by atoms with Crippen LogP contribution in [-0.4, -0.2) is 16.9 Å².